The molecule has 0 aliphatic carbocycles. The van der Waals surface area contributed by atoms with Crippen LogP contribution in [0.5, 0.6) is 0 Å². The molecule has 1 fully saturated rings. The molecule has 1 amide bonds. The molecule has 26 heavy (non-hydrogen) atoms. The van der Waals surface area contributed by atoms with Crippen molar-refractivity contribution in [2.45, 2.75) is 10.6 Å². The van der Waals surface area contributed by atoms with Crippen molar-refractivity contribution in [1.82, 2.24) is 9.21 Å². The molecule has 0 radical (unpaired) electrons. The van der Waals surface area contributed by atoms with E-state index in [4.69, 9.17) is 0 Å². The summed E-state index contributed by atoms with van der Waals surface area (Å²) in [6.07, 6.45) is 0. The van der Waals surface area contributed by atoms with E-state index in [-0.39, 0.29) is 23.9 Å². The molecule has 140 valence electrons. The number of rotatable bonds is 6. The zero-order valence-corrected chi connectivity index (χ0v) is 16.5. The standard InChI is InChI=1S/C17H19FN2O3S3/c18-14-3-5-16(6-4-14)26(22,23)20-9-7-19(8-10-20)17(21)13-24-12-15-2-1-11-25-15/h1-6,11H,7-10,12-13H2. The zero-order valence-electron chi connectivity index (χ0n) is 14.0. The molecule has 0 saturated carbocycles. The first-order valence-corrected chi connectivity index (χ1v) is 11.6. The van der Waals surface area contributed by atoms with Gasteiger partial charge >= 0.3 is 0 Å². The lowest BCUT2D eigenvalue weighted by Gasteiger charge is -2.34. The van der Waals surface area contributed by atoms with Gasteiger partial charge in [-0.3, -0.25) is 4.79 Å². The third-order valence-electron chi connectivity index (χ3n) is 4.09. The monoisotopic (exact) mass is 414 g/mol. The summed E-state index contributed by atoms with van der Waals surface area (Å²) in [4.78, 5) is 15.3. The number of nitrogens with zero attached hydrogens (tertiary/aromatic N) is 2. The summed E-state index contributed by atoms with van der Waals surface area (Å²) in [6.45, 7) is 1.25. The highest BCUT2D eigenvalue weighted by Gasteiger charge is 2.29. The van der Waals surface area contributed by atoms with Gasteiger partial charge in [-0.2, -0.15) is 4.31 Å². The molecule has 1 aromatic heterocycles. The van der Waals surface area contributed by atoms with Gasteiger partial charge in [0, 0.05) is 36.8 Å². The molecule has 0 spiro atoms. The first-order chi connectivity index (χ1) is 12.5. The van der Waals surface area contributed by atoms with E-state index in [1.165, 1.54) is 21.3 Å². The van der Waals surface area contributed by atoms with E-state index in [0.29, 0.717) is 18.8 Å². The van der Waals surface area contributed by atoms with Crippen LogP contribution >= 0.6 is 23.1 Å². The summed E-state index contributed by atoms with van der Waals surface area (Å²) in [5.41, 5.74) is 0. The van der Waals surface area contributed by atoms with Crippen LogP contribution in [-0.2, 0) is 20.6 Å². The molecule has 3 rings (SSSR count). The number of sulfonamides is 1. The third-order valence-corrected chi connectivity index (χ3v) is 8.03. The normalized spacial score (nSPS) is 16.0. The Labute approximate surface area is 160 Å². The van der Waals surface area contributed by atoms with Crippen molar-refractivity contribution >= 4 is 39.0 Å². The Balaban J connectivity index is 1.50. The maximum absolute atomic E-state index is 13.0. The van der Waals surface area contributed by atoms with Crippen molar-refractivity contribution in [2.24, 2.45) is 0 Å². The number of amides is 1. The second-order valence-electron chi connectivity index (χ2n) is 5.81. The third kappa shape index (κ3) is 4.64. The lowest BCUT2D eigenvalue weighted by Crippen LogP contribution is -2.50. The second-order valence-corrected chi connectivity index (χ2v) is 9.77. The average molecular weight is 415 g/mol. The molecule has 1 aliphatic heterocycles. The molecule has 0 bridgehead atoms. The van der Waals surface area contributed by atoms with Crippen LogP contribution in [0.25, 0.3) is 0 Å². The van der Waals surface area contributed by atoms with Gasteiger partial charge in [-0.1, -0.05) is 6.07 Å². The second kappa shape index (κ2) is 8.51. The highest BCUT2D eigenvalue weighted by atomic mass is 32.2. The molecule has 1 aromatic carbocycles. The van der Waals surface area contributed by atoms with Gasteiger partial charge in [-0.25, -0.2) is 12.8 Å². The zero-order chi connectivity index (χ0) is 18.6. The number of benzene rings is 1. The van der Waals surface area contributed by atoms with E-state index in [1.807, 2.05) is 17.5 Å². The molecule has 2 heterocycles. The smallest absolute Gasteiger partial charge is 0.243 e. The Hall–Kier alpha value is -1.42. The number of carbonyl (C=O) groups is 1. The lowest BCUT2D eigenvalue weighted by atomic mass is 10.3. The summed E-state index contributed by atoms with van der Waals surface area (Å²) < 4.78 is 39.5. The number of halogens is 1. The lowest BCUT2D eigenvalue weighted by molar-refractivity contribution is -0.129. The SMILES string of the molecule is O=C(CSCc1cccs1)N1CCN(S(=O)(=O)c2ccc(F)cc2)CC1. The van der Waals surface area contributed by atoms with Crippen molar-refractivity contribution < 1.29 is 17.6 Å². The Morgan fingerprint density at radius 1 is 1.12 bits per heavy atom. The molecule has 1 saturated heterocycles. The maximum Gasteiger partial charge on any atom is 0.243 e. The number of thioether (sulfide) groups is 1. The topological polar surface area (TPSA) is 57.7 Å². The summed E-state index contributed by atoms with van der Waals surface area (Å²) >= 11 is 3.24. The van der Waals surface area contributed by atoms with Gasteiger partial charge < -0.3 is 4.90 Å². The van der Waals surface area contributed by atoms with Crippen LogP contribution in [0.15, 0.2) is 46.7 Å². The van der Waals surface area contributed by atoms with Crippen molar-refractivity contribution in [3.8, 4) is 0 Å². The number of hydrogen-bond donors (Lipinski definition) is 0. The minimum absolute atomic E-state index is 0.0328. The fourth-order valence-corrected chi connectivity index (χ4v) is 5.85. The van der Waals surface area contributed by atoms with Gasteiger partial charge in [-0.15, -0.1) is 23.1 Å². The highest BCUT2D eigenvalue weighted by molar-refractivity contribution is 7.99. The average Bonchev–Trinajstić information content (AvgIpc) is 3.15. The Morgan fingerprint density at radius 2 is 1.81 bits per heavy atom. The molecular weight excluding hydrogens is 395 g/mol. The fraction of sp³-hybridized carbons (Fsp3) is 0.353. The van der Waals surface area contributed by atoms with E-state index < -0.39 is 15.8 Å². The summed E-state index contributed by atoms with van der Waals surface area (Å²) in [6, 6.07) is 8.84. The van der Waals surface area contributed by atoms with Crippen LogP contribution in [-0.4, -0.2) is 55.5 Å². The van der Waals surface area contributed by atoms with Crippen molar-refractivity contribution in [1.29, 1.82) is 0 Å². The minimum Gasteiger partial charge on any atom is -0.339 e. The van der Waals surface area contributed by atoms with E-state index in [1.54, 1.807) is 28.0 Å². The van der Waals surface area contributed by atoms with Crippen LogP contribution < -0.4 is 0 Å². The van der Waals surface area contributed by atoms with E-state index >= 15 is 0 Å². The van der Waals surface area contributed by atoms with Crippen LogP contribution in [0.1, 0.15) is 4.88 Å². The Kier molecular flexibility index (Phi) is 6.33. The Bertz CT molecular complexity index is 831. The molecule has 0 atom stereocenters. The number of hydrogen-bond acceptors (Lipinski definition) is 5. The molecular formula is C17H19FN2O3S3. The molecule has 0 unspecified atom stereocenters. The van der Waals surface area contributed by atoms with Gasteiger partial charge in [0.25, 0.3) is 0 Å². The highest BCUT2D eigenvalue weighted by Crippen LogP contribution is 2.20. The quantitative estimate of drug-likeness (QED) is 0.729. The number of carbonyl (C=O) groups excluding carboxylic acids is 1. The molecule has 0 N–H and O–H groups in total. The summed E-state index contributed by atoms with van der Waals surface area (Å²) in [5.74, 6) is 0.759. The van der Waals surface area contributed by atoms with E-state index in [9.17, 15) is 17.6 Å². The van der Waals surface area contributed by atoms with Gasteiger partial charge in [0.05, 0.1) is 10.6 Å². The molecule has 5 nitrogen and oxygen atoms in total. The van der Waals surface area contributed by atoms with Gasteiger partial charge in [0.1, 0.15) is 5.82 Å². The largest absolute Gasteiger partial charge is 0.339 e. The van der Waals surface area contributed by atoms with Crippen LogP contribution in [0.4, 0.5) is 4.39 Å². The van der Waals surface area contributed by atoms with E-state index in [0.717, 1.165) is 17.9 Å². The first-order valence-electron chi connectivity index (χ1n) is 8.10. The predicted molar refractivity (Wildman–Crippen MR) is 102 cm³/mol. The van der Waals surface area contributed by atoms with Crippen LogP contribution in [0, 0.1) is 5.82 Å². The predicted octanol–water partition coefficient (Wildman–Crippen LogP) is 2.65. The van der Waals surface area contributed by atoms with Crippen LogP contribution in [0.2, 0.25) is 0 Å². The maximum atomic E-state index is 13.0. The van der Waals surface area contributed by atoms with Gasteiger partial charge in [-0.05, 0) is 35.7 Å². The fourth-order valence-electron chi connectivity index (χ4n) is 2.66. The van der Waals surface area contributed by atoms with Crippen molar-refractivity contribution in [2.75, 3.05) is 31.9 Å². The number of thiophene rings is 1. The van der Waals surface area contributed by atoms with Crippen LogP contribution in [0.3, 0.4) is 0 Å². The molecule has 2 aromatic rings. The van der Waals surface area contributed by atoms with Crippen molar-refractivity contribution in [3.05, 3.63) is 52.5 Å². The van der Waals surface area contributed by atoms with Crippen molar-refractivity contribution in [3.63, 3.8) is 0 Å². The van der Waals surface area contributed by atoms with Gasteiger partial charge in [0.15, 0.2) is 0 Å². The Morgan fingerprint density at radius 3 is 2.42 bits per heavy atom. The van der Waals surface area contributed by atoms with Gasteiger partial charge in [0.2, 0.25) is 15.9 Å². The first kappa shape index (κ1) is 19.3. The number of piperazine rings is 1. The molecule has 9 heteroatoms. The summed E-state index contributed by atoms with van der Waals surface area (Å²) in [5, 5.41) is 2.01. The molecule has 1 aliphatic rings. The minimum atomic E-state index is -3.65. The van der Waals surface area contributed by atoms with E-state index in [2.05, 4.69) is 0 Å². The summed E-state index contributed by atoms with van der Waals surface area (Å²) in [7, 11) is -3.65.